The molecule has 1 unspecified atom stereocenters. The SMILES string of the molecule is C=CCCCCCCCC(C)OCCCCC. The van der Waals surface area contributed by atoms with Crippen molar-refractivity contribution in [2.75, 3.05) is 6.61 Å². The fourth-order valence-electron chi connectivity index (χ4n) is 1.97. The van der Waals surface area contributed by atoms with Gasteiger partial charge in [0.15, 0.2) is 0 Å². The topological polar surface area (TPSA) is 9.23 Å². The third kappa shape index (κ3) is 13.6. The lowest BCUT2D eigenvalue weighted by atomic mass is 10.1. The Labute approximate surface area is 109 Å². The molecule has 0 saturated heterocycles. The summed E-state index contributed by atoms with van der Waals surface area (Å²) < 4.78 is 5.78. The normalized spacial score (nSPS) is 12.6. The summed E-state index contributed by atoms with van der Waals surface area (Å²) >= 11 is 0. The van der Waals surface area contributed by atoms with E-state index in [1.165, 1.54) is 64.2 Å². The van der Waals surface area contributed by atoms with Gasteiger partial charge in [-0.15, -0.1) is 6.58 Å². The van der Waals surface area contributed by atoms with Gasteiger partial charge in [0.05, 0.1) is 6.10 Å². The maximum atomic E-state index is 5.78. The van der Waals surface area contributed by atoms with Crippen LogP contribution in [0.3, 0.4) is 0 Å². The second-order valence-electron chi connectivity index (χ2n) is 5.02. The molecule has 1 atom stereocenters. The van der Waals surface area contributed by atoms with Gasteiger partial charge < -0.3 is 4.74 Å². The lowest BCUT2D eigenvalue weighted by molar-refractivity contribution is 0.0559. The predicted molar refractivity (Wildman–Crippen MR) is 77.5 cm³/mol. The van der Waals surface area contributed by atoms with Crippen molar-refractivity contribution in [1.82, 2.24) is 0 Å². The highest BCUT2D eigenvalue weighted by atomic mass is 16.5. The number of unbranched alkanes of at least 4 members (excludes halogenated alkanes) is 7. The summed E-state index contributed by atoms with van der Waals surface area (Å²) in [4.78, 5) is 0. The molecule has 0 aliphatic heterocycles. The van der Waals surface area contributed by atoms with E-state index in [0.717, 1.165) is 6.61 Å². The molecule has 1 heteroatoms. The Balaban J connectivity index is 3.10. The van der Waals surface area contributed by atoms with Crippen LogP contribution in [0.2, 0.25) is 0 Å². The second kappa shape index (κ2) is 13.8. The Kier molecular flexibility index (Phi) is 13.5. The van der Waals surface area contributed by atoms with Crippen LogP contribution in [0.25, 0.3) is 0 Å². The van der Waals surface area contributed by atoms with Crippen LogP contribution in [0, 0.1) is 0 Å². The molecule has 0 aliphatic carbocycles. The molecule has 0 radical (unpaired) electrons. The van der Waals surface area contributed by atoms with Crippen molar-refractivity contribution in [2.45, 2.75) is 84.2 Å². The molecule has 102 valence electrons. The van der Waals surface area contributed by atoms with Gasteiger partial charge in [-0.25, -0.2) is 0 Å². The standard InChI is InChI=1S/C16H32O/c1-4-6-8-9-10-11-12-14-16(3)17-15-13-7-5-2/h4,16H,1,5-15H2,2-3H3. The van der Waals surface area contributed by atoms with Gasteiger partial charge in [-0.2, -0.15) is 0 Å². The minimum absolute atomic E-state index is 0.458. The van der Waals surface area contributed by atoms with Crippen LogP contribution in [-0.4, -0.2) is 12.7 Å². The van der Waals surface area contributed by atoms with Gasteiger partial charge in [-0.3, -0.25) is 0 Å². The zero-order valence-electron chi connectivity index (χ0n) is 12.0. The third-order valence-electron chi connectivity index (χ3n) is 3.17. The number of hydrogen-bond acceptors (Lipinski definition) is 1. The molecular weight excluding hydrogens is 208 g/mol. The summed E-state index contributed by atoms with van der Waals surface area (Å²) in [6.45, 7) is 9.14. The van der Waals surface area contributed by atoms with E-state index < -0.39 is 0 Å². The summed E-state index contributed by atoms with van der Waals surface area (Å²) in [7, 11) is 0. The highest BCUT2D eigenvalue weighted by Gasteiger charge is 2.01. The van der Waals surface area contributed by atoms with Crippen molar-refractivity contribution in [3.05, 3.63) is 12.7 Å². The minimum atomic E-state index is 0.458. The molecular formula is C16H32O. The summed E-state index contributed by atoms with van der Waals surface area (Å²) in [5.74, 6) is 0. The highest BCUT2D eigenvalue weighted by molar-refractivity contribution is 4.65. The van der Waals surface area contributed by atoms with Crippen LogP contribution in [0.15, 0.2) is 12.7 Å². The lowest BCUT2D eigenvalue weighted by Crippen LogP contribution is -2.09. The highest BCUT2D eigenvalue weighted by Crippen LogP contribution is 2.10. The molecule has 0 bridgehead atoms. The smallest absolute Gasteiger partial charge is 0.0547 e. The molecule has 1 nitrogen and oxygen atoms in total. The van der Waals surface area contributed by atoms with Crippen molar-refractivity contribution in [3.63, 3.8) is 0 Å². The second-order valence-corrected chi connectivity index (χ2v) is 5.02. The zero-order valence-corrected chi connectivity index (χ0v) is 12.0. The fourth-order valence-corrected chi connectivity index (χ4v) is 1.97. The van der Waals surface area contributed by atoms with E-state index in [1.54, 1.807) is 0 Å². The Morgan fingerprint density at radius 3 is 2.41 bits per heavy atom. The molecule has 0 saturated carbocycles. The first-order valence-corrected chi connectivity index (χ1v) is 7.53. The summed E-state index contributed by atoms with van der Waals surface area (Å²) in [5, 5.41) is 0. The molecule has 0 N–H and O–H groups in total. The first kappa shape index (κ1) is 16.7. The Morgan fingerprint density at radius 1 is 1.00 bits per heavy atom. The van der Waals surface area contributed by atoms with Crippen LogP contribution < -0.4 is 0 Å². The van der Waals surface area contributed by atoms with Gasteiger partial charge >= 0.3 is 0 Å². The molecule has 0 spiro atoms. The number of allylic oxidation sites excluding steroid dienone is 1. The van der Waals surface area contributed by atoms with Crippen molar-refractivity contribution >= 4 is 0 Å². The van der Waals surface area contributed by atoms with Crippen LogP contribution in [0.5, 0.6) is 0 Å². The van der Waals surface area contributed by atoms with Crippen LogP contribution in [0.1, 0.15) is 78.1 Å². The van der Waals surface area contributed by atoms with E-state index >= 15 is 0 Å². The number of ether oxygens (including phenoxy) is 1. The Morgan fingerprint density at radius 2 is 1.71 bits per heavy atom. The number of rotatable bonds is 13. The van der Waals surface area contributed by atoms with Crippen LogP contribution >= 0.6 is 0 Å². The van der Waals surface area contributed by atoms with E-state index in [0.29, 0.717) is 6.10 Å². The first-order valence-electron chi connectivity index (χ1n) is 7.53. The van der Waals surface area contributed by atoms with Crippen molar-refractivity contribution < 1.29 is 4.74 Å². The maximum absolute atomic E-state index is 5.78. The minimum Gasteiger partial charge on any atom is -0.379 e. The van der Waals surface area contributed by atoms with E-state index in [2.05, 4.69) is 20.4 Å². The first-order chi connectivity index (χ1) is 8.31. The fraction of sp³-hybridized carbons (Fsp3) is 0.875. The van der Waals surface area contributed by atoms with Gasteiger partial charge in [-0.1, -0.05) is 51.5 Å². The molecule has 0 aromatic heterocycles. The number of hydrogen-bond donors (Lipinski definition) is 0. The molecule has 0 amide bonds. The van der Waals surface area contributed by atoms with Crippen LogP contribution in [-0.2, 0) is 4.74 Å². The molecule has 0 heterocycles. The van der Waals surface area contributed by atoms with Crippen LogP contribution in [0.4, 0.5) is 0 Å². The van der Waals surface area contributed by atoms with Gasteiger partial charge in [-0.05, 0) is 32.6 Å². The molecule has 0 aromatic carbocycles. The van der Waals surface area contributed by atoms with Crippen molar-refractivity contribution in [1.29, 1.82) is 0 Å². The Hall–Kier alpha value is -0.300. The Bertz CT molecular complexity index is 154. The van der Waals surface area contributed by atoms with E-state index in [1.807, 2.05) is 6.08 Å². The summed E-state index contributed by atoms with van der Waals surface area (Å²) in [6, 6.07) is 0. The zero-order chi connectivity index (χ0) is 12.8. The predicted octanol–water partition coefficient (Wildman–Crippen LogP) is 5.50. The quantitative estimate of drug-likeness (QED) is 0.305. The molecule has 0 aromatic rings. The lowest BCUT2D eigenvalue weighted by Gasteiger charge is -2.12. The van der Waals surface area contributed by atoms with E-state index in [9.17, 15) is 0 Å². The van der Waals surface area contributed by atoms with Gasteiger partial charge in [0.25, 0.3) is 0 Å². The molecule has 17 heavy (non-hydrogen) atoms. The van der Waals surface area contributed by atoms with Gasteiger partial charge in [0.2, 0.25) is 0 Å². The van der Waals surface area contributed by atoms with Gasteiger partial charge in [0, 0.05) is 6.61 Å². The monoisotopic (exact) mass is 240 g/mol. The van der Waals surface area contributed by atoms with Gasteiger partial charge in [0.1, 0.15) is 0 Å². The largest absolute Gasteiger partial charge is 0.379 e. The molecule has 0 rings (SSSR count). The summed E-state index contributed by atoms with van der Waals surface area (Å²) in [5.41, 5.74) is 0. The third-order valence-corrected chi connectivity index (χ3v) is 3.17. The van der Waals surface area contributed by atoms with E-state index in [4.69, 9.17) is 4.74 Å². The maximum Gasteiger partial charge on any atom is 0.0547 e. The molecule has 0 aliphatic rings. The van der Waals surface area contributed by atoms with Crippen molar-refractivity contribution in [2.24, 2.45) is 0 Å². The summed E-state index contributed by atoms with van der Waals surface area (Å²) in [6.07, 6.45) is 15.4. The average molecular weight is 240 g/mol. The molecule has 0 fully saturated rings. The van der Waals surface area contributed by atoms with E-state index in [-0.39, 0.29) is 0 Å². The average Bonchev–Trinajstić information content (AvgIpc) is 2.33. The van der Waals surface area contributed by atoms with Crippen molar-refractivity contribution in [3.8, 4) is 0 Å².